The van der Waals surface area contributed by atoms with Crippen LogP contribution in [0, 0.1) is 5.41 Å². The van der Waals surface area contributed by atoms with Gasteiger partial charge in [-0.25, -0.2) is 4.98 Å². The lowest BCUT2D eigenvalue weighted by molar-refractivity contribution is -0.129. The molecule has 2 saturated heterocycles. The lowest BCUT2D eigenvalue weighted by atomic mass is 9.64. The lowest BCUT2D eigenvalue weighted by Crippen LogP contribution is -2.52. The molecule has 0 unspecified atom stereocenters. The fourth-order valence-corrected chi connectivity index (χ4v) is 7.31. The molecule has 2 spiro atoms. The van der Waals surface area contributed by atoms with Gasteiger partial charge >= 0.3 is 0 Å². The monoisotopic (exact) mass is 522 g/mol. The third-order valence-electron chi connectivity index (χ3n) is 9.81. The van der Waals surface area contributed by atoms with Gasteiger partial charge in [0.15, 0.2) is 0 Å². The topological polar surface area (TPSA) is 114 Å². The molecule has 0 aromatic carbocycles. The van der Waals surface area contributed by atoms with E-state index in [1.165, 1.54) is 0 Å². The van der Waals surface area contributed by atoms with Gasteiger partial charge in [-0.3, -0.25) is 14.5 Å². The van der Waals surface area contributed by atoms with Crippen molar-refractivity contribution in [2.24, 2.45) is 11.1 Å². The standard InChI is InChI=1S/C29H42N6O3/c1-19(21-8-6-15-34(21)2)38-24-17-23(35-16-14-31-28(18-35)12-13-28)32-27(33-24)25(37)20-7-5-11-29(26(20)30)10-4-3-9-22(29)36/h17,19,21,31H,3-16,18,30H2,1-2H3/t19-,21-,29+/m0/s1. The maximum atomic E-state index is 14.0. The Morgan fingerprint density at radius 3 is 2.68 bits per heavy atom. The summed E-state index contributed by atoms with van der Waals surface area (Å²) in [5, 5.41) is 3.65. The number of carbonyl (C=O) groups excluding carboxylic acids is 2. The van der Waals surface area contributed by atoms with Gasteiger partial charge in [0, 0.05) is 55.0 Å². The van der Waals surface area contributed by atoms with E-state index in [9.17, 15) is 9.59 Å². The number of likely N-dealkylation sites (tertiary alicyclic amines) is 1. The average Bonchev–Trinajstić information content (AvgIpc) is 3.51. The van der Waals surface area contributed by atoms with Crippen molar-refractivity contribution in [1.29, 1.82) is 0 Å². The molecule has 0 bridgehead atoms. The Balaban J connectivity index is 1.34. The normalized spacial score (nSPS) is 30.2. The van der Waals surface area contributed by atoms with Crippen LogP contribution in [0.5, 0.6) is 5.88 Å². The highest BCUT2D eigenvalue weighted by Crippen LogP contribution is 2.47. The van der Waals surface area contributed by atoms with Crippen molar-refractivity contribution in [3.8, 4) is 5.88 Å². The van der Waals surface area contributed by atoms with Crippen LogP contribution in [-0.2, 0) is 4.79 Å². The Hall–Kier alpha value is -2.52. The number of aromatic nitrogens is 2. The van der Waals surface area contributed by atoms with Crippen molar-refractivity contribution in [1.82, 2.24) is 20.2 Å². The van der Waals surface area contributed by atoms with Crippen LogP contribution >= 0.6 is 0 Å². The summed E-state index contributed by atoms with van der Waals surface area (Å²) in [5.41, 5.74) is 7.16. The summed E-state index contributed by atoms with van der Waals surface area (Å²) in [5.74, 6) is 1.24. The average molecular weight is 523 g/mol. The summed E-state index contributed by atoms with van der Waals surface area (Å²) >= 11 is 0. The van der Waals surface area contributed by atoms with Crippen LogP contribution in [0.4, 0.5) is 5.82 Å². The molecule has 2 aliphatic heterocycles. The van der Waals surface area contributed by atoms with Gasteiger partial charge in [-0.05, 0) is 78.3 Å². The number of allylic oxidation sites excluding steroid dienone is 2. The highest BCUT2D eigenvalue weighted by atomic mass is 16.5. The van der Waals surface area contributed by atoms with E-state index in [1.807, 2.05) is 6.07 Å². The van der Waals surface area contributed by atoms with Crippen molar-refractivity contribution in [3.63, 3.8) is 0 Å². The second kappa shape index (κ2) is 9.90. The Morgan fingerprint density at radius 2 is 1.95 bits per heavy atom. The Morgan fingerprint density at radius 1 is 1.13 bits per heavy atom. The number of ketones is 2. The quantitative estimate of drug-likeness (QED) is 0.544. The van der Waals surface area contributed by atoms with E-state index in [1.54, 1.807) is 0 Å². The molecule has 9 heteroatoms. The molecule has 38 heavy (non-hydrogen) atoms. The van der Waals surface area contributed by atoms with Crippen LogP contribution in [-0.4, -0.2) is 77.3 Å². The molecular formula is C29H42N6O3. The summed E-state index contributed by atoms with van der Waals surface area (Å²) in [4.78, 5) is 41.1. The van der Waals surface area contributed by atoms with E-state index in [2.05, 4.69) is 34.1 Å². The maximum Gasteiger partial charge on any atom is 0.228 e. The van der Waals surface area contributed by atoms with E-state index < -0.39 is 5.41 Å². The van der Waals surface area contributed by atoms with Crippen LogP contribution in [0.3, 0.4) is 0 Å². The zero-order valence-corrected chi connectivity index (χ0v) is 22.9. The Labute approximate surface area is 225 Å². The molecule has 0 amide bonds. The second-order valence-corrected chi connectivity index (χ2v) is 12.3. The number of carbonyl (C=O) groups is 2. The predicted octanol–water partition coefficient (Wildman–Crippen LogP) is 2.99. The summed E-state index contributed by atoms with van der Waals surface area (Å²) in [6.07, 6.45) is 9.73. The van der Waals surface area contributed by atoms with Gasteiger partial charge in [0.1, 0.15) is 17.7 Å². The van der Waals surface area contributed by atoms with Crippen molar-refractivity contribution in [2.45, 2.75) is 95.2 Å². The van der Waals surface area contributed by atoms with E-state index in [0.29, 0.717) is 36.0 Å². The number of ether oxygens (including phenoxy) is 1. The van der Waals surface area contributed by atoms with E-state index >= 15 is 0 Å². The summed E-state index contributed by atoms with van der Waals surface area (Å²) in [6, 6.07) is 2.21. The fraction of sp³-hybridized carbons (Fsp3) is 0.724. The maximum absolute atomic E-state index is 14.0. The first-order valence-electron chi connectivity index (χ1n) is 14.6. The van der Waals surface area contributed by atoms with Crippen LogP contribution in [0.15, 0.2) is 17.3 Å². The molecular weight excluding hydrogens is 480 g/mol. The van der Waals surface area contributed by atoms with Crippen molar-refractivity contribution in [2.75, 3.05) is 38.1 Å². The number of Topliss-reactive ketones (excluding diaryl/α,β-unsaturated/α-hetero) is 2. The molecule has 1 aromatic heterocycles. The van der Waals surface area contributed by atoms with Crippen molar-refractivity contribution < 1.29 is 14.3 Å². The molecule has 4 fully saturated rings. The fourth-order valence-electron chi connectivity index (χ4n) is 7.31. The van der Waals surface area contributed by atoms with E-state index in [0.717, 1.165) is 89.8 Å². The molecule has 9 nitrogen and oxygen atoms in total. The largest absolute Gasteiger partial charge is 0.473 e. The lowest BCUT2D eigenvalue weighted by Gasteiger charge is -2.40. The molecule has 3 N–H and O–H groups in total. The van der Waals surface area contributed by atoms with Gasteiger partial charge in [-0.15, -0.1) is 0 Å². The van der Waals surface area contributed by atoms with Crippen LogP contribution in [0.1, 0.15) is 88.2 Å². The molecule has 3 atom stereocenters. The number of rotatable bonds is 6. The highest BCUT2D eigenvalue weighted by molar-refractivity contribution is 6.08. The first-order chi connectivity index (χ1) is 18.3. The van der Waals surface area contributed by atoms with Gasteiger partial charge in [0.2, 0.25) is 17.5 Å². The third-order valence-corrected chi connectivity index (χ3v) is 9.81. The zero-order valence-electron chi connectivity index (χ0n) is 22.9. The minimum absolute atomic E-state index is 0.0619. The SMILES string of the molecule is C[C@H](Oc1cc(N2CCNC3(CC3)C2)nc(C(=O)C2=C(N)[C@]3(CCCCC3=O)CCC2)n1)[C@@H]1CCCN1C. The van der Waals surface area contributed by atoms with Gasteiger partial charge in [0.05, 0.1) is 5.41 Å². The Kier molecular flexibility index (Phi) is 6.71. The molecule has 206 valence electrons. The number of hydrogen-bond donors (Lipinski definition) is 2. The Bertz CT molecular complexity index is 1150. The number of anilines is 1. The second-order valence-electron chi connectivity index (χ2n) is 12.3. The number of nitrogens with two attached hydrogens (primary N) is 1. The van der Waals surface area contributed by atoms with Gasteiger partial charge in [0.25, 0.3) is 0 Å². The number of nitrogens with one attached hydrogen (secondary N) is 1. The number of nitrogens with zero attached hydrogens (tertiary/aromatic N) is 4. The molecule has 3 aliphatic carbocycles. The van der Waals surface area contributed by atoms with E-state index in [4.69, 9.17) is 15.5 Å². The summed E-state index contributed by atoms with van der Waals surface area (Å²) in [7, 11) is 2.13. The van der Waals surface area contributed by atoms with Crippen molar-refractivity contribution in [3.05, 3.63) is 23.2 Å². The zero-order chi connectivity index (χ0) is 26.5. The molecule has 1 aromatic rings. The van der Waals surface area contributed by atoms with Crippen LogP contribution in [0.2, 0.25) is 0 Å². The predicted molar refractivity (Wildman–Crippen MR) is 145 cm³/mol. The number of hydrogen-bond acceptors (Lipinski definition) is 9. The van der Waals surface area contributed by atoms with Crippen molar-refractivity contribution >= 4 is 17.4 Å². The minimum atomic E-state index is -0.684. The molecule has 3 heterocycles. The summed E-state index contributed by atoms with van der Waals surface area (Å²) < 4.78 is 6.41. The number of likely N-dealkylation sites (N-methyl/N-ethyl adjacent to an activating group) is 1. The van der Waals surface area contributed by atoms with Gasteiger partial charge in [-0.1, -0.05) is 6.42 Å². The van der Waals surface area contributed by atoms with Gasteiger partial charge in [-0.2, -0.15) is 4.98 Å². The molecule has 5 aliphatic rings. The highest BCUT2D eigenvalue weighted by Gasteiger charge is 2.47. The van der Waals surface area contributed by atoms with Gasteiger partial charge < -0.3 is 20.7 Å². The molecule has 0 radical (unpaired) electrons. The first kappa shape index (κ1) is 25.7. The molecule has 6 rings (SSSR count). The van der Waals surface area contributed by atoms with Crippen LogP contribution in [0.25, 0.3) is 0 Å². The smallest absolute Gasteiger partial charge is 0.228 e. The first-order valence-corrected chi connectivity index (χ1v) is 14.6. The van der Waals surface area contributed by atoms with Crippen LogP contribution < -0.4 is 20.7 Å². The number of piperazine rings is 1. The summed E-state index contributed by atoms with van der Waals surface area (Å²) in [6.45, 7) is 5.71. The molecule has 2 saturated carbocycles. The van der Waals surface area contributed by atoms with E-state index in [-0.39, 0.29) is 29.0 Å². The minimum Gasteiger partial charge on any atom is -0.473 e. The third kappa shape index (κ3) is 4.62.